The van der Waals surface area contributed by atoms with Crippen LogP contribution in [-0.2, 0) is 6.42 Å². The predicted octanol–water partition coefficient (Wildman–Crippen LogP) is 2.06. The maximum Gasteiger partial charge on any atom is 0.254 e. The number of aryl methyl sites for hydroxylation is 1. The molecule has 2 N–H and O–H groups in total. The van der Waals surface area contributed by atoms with Crippen LogP contribution in [-0.4, -0.2) is 29.9 Å². The lowest BCUT2D eigenvalue weighted by molar-refractivity contribution is 0.0711. The van der Waals surface area contributed by atoms with Gasteiger partial charge in [-0.2, -0.15) is 0 Å². The van der Waals surface area contributed by atoms with Gasteiger partial charge in [0.1, 0.15) is 0 Å². The SMILES string of the molecule is CCc1ccccc1C(=O)N(CCN)C(C)C. The second kappa shape index (κ2) is 6.40. The lowest BCUT2D eigenvalue weighted by Crippen LogP contribution is -2.40. The number of rotatable bonds is 5. The van der Waals surface area contributed by atoms with E-state index in [-0.39, 0.29) is 11.9 Å². The highest BCUT2D eigenvalue weighted by molar-refractivity contribution is 5.95. The number of nitrogens with two attached hydrogens (primary N) is 1. The van der Waals surface area contributed by atoms with Gasteiger partial charge in [-0.15, -0.1) is 0 Å². The van der Waals surface area contributed by atoms with Crippen molar-refractivity contribution >= 4 is 5.91 Å². The van der Waals surface area contributed by atoms with E-state index < -0.39 is 0 Å². The Hall–Kier alpha value is -1.35. The zero-order chi connectivity index (χ0) is 12.8. The average Bonchev–Trinajstić information content (AvgIpc) is 2.34. The summed E-state index contributed by atoms with van der Waals surface area (Å²) in [5, 5.41) is 0. The van der Waals surface area contributed by atoms with Gasteiger partial charge in [0.15, 0.2) is 0 Å². The highest BCUT2D eigenvalue weighted by atomic mass is 16.2. The molecule has 0 saturated carbocycles. The number of carbonyl (C=O) groups excluding carboxylic acids is 1. The van der Waals surface area contributed by atoms with Crippen molar-refractivity contribution in [3.05, 3.63) is 35.4 Å². The van der Waals surface area contributed by atoms with Gasteiger partial charge in [0.05, 0.1) is 0 Å². The Labute approximate surface area is 104 Å². The van der Waals surface area contributed by atoms with Gasteiger partial charge in [-0.1, -0.05) is 25.1 Å². The summed E-state index contributed by atoms with van der Waals surface area (Å²) in [7, 11) is 0. The van der Waals surface area contributed by atoms with Gasteiger partial charge in [0.25, 0.3) is 5.91 Å². The Morgan fingerprint density at radius 3 is 2.53 bits per heavy atom. The van der Waals surface area contributed by atoms with E-state index >= 15 is 0 Å². The Balaban J connectivity index is 3.00. The van der Waals surface area contributed by atoms with Crippen molar-refractivity contribution in [2.45, 2.75) is 33.2 Å². The minimum Gasteiger partial charge on any atom is -0.335 e. The first-order chi connectivity index (χ1) is 8.11. The van der Waals surface area contributed by atoms with Crippen molar-refractivity contribution in [2.75, 3.05) is 13.1 Å². The maximum absolute atomic E-state index is 12.4. The van der Waals surface area contributed by atoms with Crippen LogP contribution in [0.2, 0.25) is 0 Å². The lowest BCUT2D eigenvalue weighted by atomic mass is 10.0. The minimum atomic E-state index is 0.0860. The molecule has 0 saturated heterocycles. The predicted molar refractivity (Wildman–Crippen MR) is 71.0 cm³/mol. The van der Waals surface area contributed by atoms with Crippen molar-refractivity contribution in [2.24, 2.45) is 5.73 Å². The number of hydrogen-bond acceptors (Lipinski definition) is 2. The summed E-state index contributed by atoms with van der Waals surface area (Å²) in [6.07, 6.45) is 0.872. The highest BCUT2D eigenvalue weighted by Gasteiger charge is 2.19. The highest BCUT2D eigenvalue weighted by Crippen LogP contribution is 2.14. The van der Waals surface area contributed by atoms with Crippen LogP contribution in [0.4, 0.5) is 0 Å². The molecular weight excluding hydrogens is 212 g/mol. The van der Waals surface area contributed by atoms with Crippen LogP contribution >= 0.6 is 0 Å². The quantitative estimate of drug-likeness (QED) is 0.847. The molecule has 0 bridgehead atoms. The molecule has 0 heterocycles. The second-order valence-electron chi connectivity index (χ2n) is 4.39. The molecular formula is C14H22N2O. The monoisotopic (exact) mass is 234 g/mol. The molecule has 0 aliphatic rings. The largest absolute Gasteiger partial charge is 0.335 e. The van der Waals surface area contributed by atoms with Crippen molar-refractivity contribution < 1.29 is 4.79 Å². The van der Waals surface area contributed by atoms with E-state index in [2.05, 4.69) is 6.92 Å². The van der Waals surface area contributed by atoms with Crippen LogP contribution in [0.5, 0.6) is 0 Å². The summed E-state index contributed by atoms with van der Waals surface area (Å²) in [6, 6.07) is 7.96. The van der Waals surface area contributed by atoms with Crippen LogP contribution < -0.4 is 5.73 Å². The molecule has 0 aromatic heterocycles. The summed E-state index contributed by atoms with van der Waals surface area (Å²) >= 11 is 0. The fraction of sp³-hybridized carbons (Fsp3) is 0.500. The molecule has 0 unspecified atom stereocenters. The fourth-order valence-corrected chi connectivity index (χ4v) is 1.93. The first kappa shape index (κ1) is 13.7. The molecule has 0 fully saturated rings. The molecule has 17 heavy (non-hydrogen) atoms. The van der Waals surface area contributed by atoms with Crippen LogP contribution in [0.1, 0.15) is 36.7 Å². The zero-order valence-electron chi connectivity index (χ0n) is 10.9. The maximum atomic E-state index is 12.4. The van der Waals surface area contributed by atoms with Gasteiger partial charge in [0.2, 0.25) is 0 Å². The molecule has 1 amide bonds. The summed E-state index contributed by atoms with van der Waals surface area (Å²) in [6.45, 7) is 7.20. The van der Waals surface area contributed by atoms with Crippen LogP contribution in [0.15, 0.2) is 24.3 Å². The summed E-state index contributed by atoms with van der Waals surface area (Å²) in [4.78, 5) is 14.3. The van der Waals surface area contributed by atoms with E-state index in [9.17, 15) is 4.79 Å². The first-order valence-electron chi connectivity index (χ1n) is 6.20. The van der Waals surface area contributed by atoms with Gasteiger partial charge in [-0.25, -0.2) is 0 Å². The van der Waals surface area contributed by atoms with Gasteiger partial charge >= 0.3 is 0 Å². The van der Waals surface area contributed by atoms with Gasteiger partial charge in [0, 0.05) is 24.7 Å². The van der Waals surface area contributed by atoms with Gasteiger partial charge in [-0.3, -0.25) is 4.79 Å². The van der Waals surface area contributed by atoms with E-state index in [1.807, 2.05) is 43.0 Å². The minimum absolute atomic E-state index is 0.0860. The van der Waals surface area contributed by atoms with Crippen molar-refractivity contribution in [3.63, 3.8) is 0 Å². The standard InChI is InChI=1S/C14H22N2O/c1-4-12-7-5-6-8-13(12)14(17)16(10-9-15)11(2)3/h5-8,11H,4,9-10,15H2,1-3H3. The van der Waals surface area contributed by atoms with Gasteiger partial charge in [-0.05, 0) is 31.9 Å². The number of carbonyl (C=O) groups is 1. The Morgan fingerprint density at radius 1 is 1.35 bits per heavy atom. The number of hydrogen-bond donors (Lipinski definition) is 1. The van der Waals surface area contributed by atoms with Crippen molar-refractivity contribution in [3.8, 4) is 0 Å². The fourth-order valence-electron chi connectivity index (χ4n) is 1.93. The number of amides is 1. The molecule has 1 aromatic rings. The summed E-state index contributed by atoms with van der Waals surface area (Å²) in [5.41, 5.74) is 7.46. The third kappa shape index (κ3) is 3.30. The molecule has 3 heteroatoms. The van der Waals surface area contributed by atoms with Crippen LogP contribution in [0.25, 0.3) is 0 Å². The van der Waals surface area contributed by atoms with E-state index in [0.29, 0.717) is 13.1 Å². The van der Waals surface area contributed by atoms with E-state index in [1.54, 1.807) is 0 Å². The van der Waals surface area contributed by atoms with E-state index in [4.69, 9.17) is 5.73 Å². The normalized spacial score (nSPS) is 10.6. The Morgan fingerprint density at radius 2 is 2.00 bits per heavy atom. The smallest absolute Gasteiger partial charge is 0.254 e. The van der Waals surface area contributed by atoms with Crippen LogP contribution in [0.3, 0.4) is 0 Å². The average molecular weight is 234 g/mol. The third-order valence-electron chi connectivity index (χ3n) is 2.88. The first-order valence-corrected chi connectivity index (χ1v) is 6.20. The molecule has 0 radical (unpaired) electrons. The molecule has 94 valence electrons. The summed E-state index contributed by atoms with van der Waals surface area (Å²) < 4.78 is 0. The molecule has 1 aromatic carbocycles. The third-order valence-corrected chi connectivity index (χ3v) is 2.88. The van der Waals surface area contributed by atoms with Crippen molar-refractivity contribution in [1.29, 1.82) is 0 Å². The van der Waals surface area contributed by atoms with Crippen molar-refractivity contribution in [1.82, 2.24) is 4.90 Å². The Kier molecular flexibility index (Phi) is 5.16. The number of nitrogens with zero attached hydrogens (tertiary/aromatic N) is 1. The molecule has 3 nitrogen and oxygen atoms in total. The Bertz CT molecular complexity index is 374. The molecule has 0 aliphatic carbocycles. The van der Waals surface area contributed by atoms with E-state index in [1.165, 1.54) is 0 Å². The zero-order valence-corrected chi connectivity index (χ0v) is 10.9. The number of benzene rings is 1. The molecule has 0 atom stereocenters. The van der Waals surface area contributed by atoms with Crippen LogP contribution in [0, 0.1) is 0 Å². The lowest BCUT2D eigenvalue weighted by Gasteiger charge is -2.27. The molecule has 0 spiro atoms. The second-order valence-corrected chi connectivity index (χ2v) is 4.39. The topological polar surface area (TPSA) is 46.3 Å². The summed E-state index contributed by atoms with van der Waals surface area (Å²) in [5.74, 6) is 0.0860. The molecule has 1 rings (SSSR count). The molecule has 0 aliphatic heterocycles. The van der Waals surface area contributed by atoms with E-state index in [0.717, 1.165) is 17.5 Å². The van der Waals surface area contributed by atoms with Gasteiger partial charge < -0.3 is 10.6 Å².